The molecule has 1 fully saturated rings. The number of rotatable bonds is 4. The lowest BCUT2D eigenvalue weighted by molar-refractivity contribution is 0.0183. The number of nitrogens with zero attached hydrogens (tertiary/aromatic N) is 5. The van der Waals surface area contributed by atoms with Crippen molar-refractivity contribution in [3.05, 3.63) is 23.5 Å². The molecule has 0 radical (unpaired) electrons. The SMILES string of the molecule is N#CC1(COc2ccnc(-c3nc(N)ncc3Cl)n2)CCOCC1. The molecule has 0 aromatic carbocycles. The molecule has 2 aromatic heterocycles. The van der Waals surface area contributed by atoms with Gasteiger partial charge in [-0.1, -0.05) is 11.6 Å². The average Bonchev–Trinajstić information content (AvgIpc) is 2.63. The third kappa shape index (κ3) is 3.53. The van der Waals surface area contributed by atoms with Gasteiger partial charge in [-0.05, 0) is 12.8 Å². The van der Waals surface area contributed by atoms with Crippen molar-refractivity contribution >= 4 is 17.5 Å². The van der Waals surface area contributed by atoms with Gasteiger partial charge >= 0.3 is 0 Å². The second-order valence-electron chi connectivity index (χ2n) is 5.44. The van der Waals surface area contributed by atoms with E-state index in [0.29, 0.717) is 42.7 Å². The summed E-state index contributed by atoms with van der Waals surface area (Å²) in [7, 11) is 0. The number of nitriles is 1. The van der Waals surface area contributed by atoms with Crippen LogP contribution in [0, 0.1) is 16.7 Å². The normalized spacial score (nSPS) is 16.3. The monoisotopic (exact) mass is 346 g/mol. The van der Waals surface area contributed by atoms with Crippen molar-refractivity contribution in [2.75, 3.05) is 25.6 Å². The maximum absolute atomic E-state index is 9.45. The smallest absolute Gasteiger partial charge is 0.220 e. The lowest BCUT2D eigenvalue weighted by Crippen LogP contribution is -2.34. The molecule has 0 bridgehead atoms. The molecule has 0 saturated carbocycles. The topological polar surface area (TPSA) is 120 Å². The van der Waals surface area contributed by atoms with Crippen LogP contribution in [0.5, 0.6) is 5.88 Å². The van der Waals surface area contributed by atoms with Gasteiger partial charge in [0.15, 0.2) is 5.82 Å². The van der Waals surface area contributed by atoms with Crippen molar-refractivity contribution in [3.63, 3.8) is 0 Å². The van der Waals surface area contributed by atoms with Crippen LogP contribution in [-0.2, 0) is 4.74 Å². The number of aromatic nitrogens is 4. The van der Waals surface area contributed by atoms with Crippen molar-refractivity contribution in [1.82, 2.24) is 19.9 Å². The Morgan fingerprint density at radius 3 is 2.88 bits per heavy atom. The van der Waals surface area contributed by atoms with Gasteiger partial charge in [-0.25, -0.2) is 15.0 Å². The third-order valence-electron chi connectivity index (χ3n) is 3.79. The van der Waals surface area contributed by atoms with Crippen molar-refractivity contribution in [1.29, 1.82) is 5.26 Å². The van der Waals surface area contributed by atoms with Crippen LogP contribution in [0.15, 0.2) is 18.5 Å². The molecule has 2 aromatic rings. The summed E-state index contributed by atoms with van der Waals surface area (Å²) in [5.41, 5.74) is 5.35. The van der Waals surface area contributed by atoms with Gasteiger partial charge in [-0.2, -0.15) is 10.2 Å². The third-order valence-corrected chi connectivity index (χ3v) is 4.06. The van der Waals surface area contributed by atoms with Crippen molar-refractivity contribution in [3.8, 4) is 23.5 Å². The quantitative estimate of drug-likeness (QED) is 0.890. The van der Waals surface area contributed by atoms with Gasteiger partial charge in [0.2, 0.25) is 11.8 Å². The summed E-state index contributed by atoms with van der Waals surface area (Å²) in [4.78, 5) is 16.3. The van der Waals surface area contributed by atoms with Crippen LogP contribution in [0.3, 0.4) is 0 Å². The van der Waals surface area contributed by atoms with Gasteiger partial charge < -0.3 is 15.2 Å². The van der Waals surface area contributed by atoms with E-state index in [-0.39, 0.29) is 18.4 Å². The van der Waals surface area contributed by atoms with E-state index >= 15 is 0 Å². The maximum atomic E-state index is 9.45. The van der Waals surface area contributed by atoms with E-state index in [9.17, 15) is 5.26 Å². The van der Waals surface area contributed by atoms with E-state index < -0.39 is 5.41 Å². The Labute approximate surface area is 143 Å². The number of anilines is 1. The van der Waals surface area contributed by atoms with Gasteiger partial charge in [0, 0.05) is 25.5 Å². The van der Waals surface area contributed by atoms with E-state index in [1.807, 2.05) is 0 Å². The van der Waals surface area contributed by atoms with Gasteiger partial charge in [0.1, 0.15) is 12.3 Å². The number of nitrogen functional groups attached to an aromatic ring is 1. The highest BCUT2D eigenvalue weighted by atomic mass is 35.5. The standard InChI is InChI=1S/C15H15ClN6O2/c16-10-7-20-14(18)22-12(10)13-19-4-1-11(21-13)24-9-15(8-17)2-5-23-6-3-15/h1,4,7H,2-3,5-6,9H2,(H2,18,20,22). The van der Waals surface area contributed by atoms with Crippen LogP contribution in [0.25, 0.3) is 11.5 Å². The average molecular weight is 347 g/mol. The molecule has 3 rings (SSSR count). The molecule has 1 aliphatic rings. The number of hydrogen-bond acceptors (Lipinski definition) is 8. The molecule has 0 spiro atoms. The summed E-state index contributed by atoms with van der Waals surface area (Å²) in [6.45, 7) is 1.35. The zero-order chi connectivity index (χ0) is 17.0. The zero-order valence-corrected chi connectivity index (χ0v) is 13.5. The maximum Gasteiger partial charge on any atom is 0.220 e. The Morgan fingerprint density at radius 2 is 2.12 bits per heavy atom. The molecule has 1 saturated heterocycles. The van der Waals surface area contributed by atoms with Crippen molar-refractivity contribution in [2.45, 2.75) is 12.8 Å². The molecular formula is C15H15ClN6O2. The van der Waals surface area contributed by atoms with Gasteiger partial charge in [0.25, 0.3) is 0 Å². The van der Waals surface area contributed by atoms with E-state index in [4.69, 9.17) is 26.8 Å². The molecule has 124 valence electrons. The Bertz CT molecular complexity index is 773. The van der Waals surface area contributed by atoms with E-state index in [0.717, 1.165) is 0 Å². The summed E-state index contributed by atoms with van der Waals surface area (Å²) in [5.74, 6) is 0.703. The molecule has 0 atom stereocenters. The van der Waals surface area contributed by atoms with E-state index in [1.54, 1.807) is 6.07 Å². The Balaban J connectivity index is 1.78. The number of hydrogen-bond donors (Lipinski definition) is 1. The van der Waals surface area contributed by atoms with Gasteiger partial charge in [-0.3, -0.25) is 0 Å². The molecule has 3 heterocycles. The molecule has 0 aliphatic carbocycles. The van der Waals surface area contributed by atoms with E-state index in [2.05, 4.69) is 26.0 Å². The predicted molar refractivity (Wildman–Crippen MR) is 86.1 cm³/mol. The number of nitrogens with two attached hydrogens (primary N) is 1. The number of halogens is 1. The molecule has 2 N–H and O–H groups in total. The first-order chi connectivity index (χ1) is 11.6. The summed E-state index contributed by atoms with van der Waals surface area (Å²) in [6, 6.07) is 3.96. The summed E-state index contributed by atoms with van der Waals surface area (Å²) < 4.78 is 11.0. The first-order valence-electron chi connectivity index (χ1n) is 7.35. The molecule has 24 heavy (non-hydrogen) atoms. The van der Waals surface area contributed by atoms with Crippen LogP contribution in [0.4, 0.5) is 5.95 Å². The molecule has 9 heteroatoms. The molecule has 0 amide bonds. The van der Waals surface area contributed by atoms with Crippen LogP contribution in [-0.4, -0.2) is 39.8 Å². The van der Waals surface area contributed by atoms with Gasteiger partial charge in [0.05, 0.1) is 22.7 Å². The lowest BCUT2D eigenvalue weighted by atomic mass is 9.83. The Hall–Kier alpha value is -2.50. The molecule has 8 nitrogen and oxygen atoms in total. The minimum atomic E-state index is -0.555. The first kappa shape index (κ1) is 16.4. The van der Waals surface area contributed by atoms with Crippen molar-refractivity contribution in [2.24, 2.45) is 5.41 Å². The van der Waals surface area contributed by atoms with Crippen LogP contribution in [0.1, 0.15) is 12.8 Å². The fraction of sp³-hybridized carbons (Fsp3) is 0.400. The Morgan fingerprint density at radius 1 is 1.33 bits per heavy atom. The largest absolute Gasteiger partial charge is 0.476 e. The highest BCUT2D eigenvalue weighted by molar-refractivity contribution is 6.32. The summed E-state index contributed by atoms with van der Waals surface area (Å²) in [6.07, 6.45) is 4.20. The van der Waals surface area contributed by atoms with Crippen molar-refractivity contribution < 1.29 is 9.47 Å². The highest BCUT2D eigenvalue weighted by Gasteiger charge is 2.33. The fourth-order valence-corrected chi connectivity index (χ4v) is 2.51. The van der Waals surface area contributed by atoms with E-state index in [1.165, 1.54) is 12.4 Å². The van der Waals surface area contributed by atoms with Crippen LogP contribution >= 0.6 is 11.6 Å². The second-order valence-corrected chi connectivity index (χ2v) is 5.84. The van der Waals surface area contributed by atoms with Gasteiger partial charge in [-0.15, -0.1) is 0 Å². The first-order valence-corrected chi connectivity index (χ1v) is 7.73. The second kappa shape index (κ2) is 6.95. The molecule has 0 unspecified atom stereocenters. The van der Waals surface area contributed by atoms with Crippen LogP contribution in [0.2, 0.25) is 5.02 Å². The van der Waals surface area contributed by atoms with Crippen LogP contribution < -0.4 is 10.5 Å². The molecular weight excluding hydrogens is 332 g/mol. The predicted octanol–water partition coefficient (Wildman–Crippen LogP) is 1.87. The zero-order valence-electron chi connectivity index (χ0n) is 12.8. The Kier molecular flexibility index (Phi) is 4.74. The minimum Gasteiger partial charge on any atom is -0.476 e. The highest BCUT2D eigenvalue weighted by Crippen LogP contribution is 2.30. The number of ether oxygens (including phenoxy) is 2. The minimum absolute atomic E-state index is 0.0787. The molecule has 1 aliphatic heterocycles. The summed E-state index contributed by atoms with van der Waals surface area (Å²) in [5, 5.41) is 9.74. The lowest BCUT2D eigenvalue weighted by Gasteiger charge is -2.30. The fourth-order valence-electron chi connectivity index (χ4n) is 2.34. The summed E-state index contributed by atoms with van der Waals surface area (Å²) >= 11 is 6.07.